The Bertz CT molecular complexity index is 867. The molecule has 1 saturated carbocycles. The minimum atomic E-state index is -1.18. The van der Waals surface area contributed by atoms with Crippen LogP contribution in [-0.2, 0) is 14.3 Å². The predicted molar refractivity (Wildman–Crippen MR) is 106 cm³/mol. The van der Waals surface area contributed by atoms with Gasteiger partial charge in [0.15, 0.2) is 0 Å². The number of piperazine rings is 1. The molecular weight excluding hydrogens is 395 g/mol. The summed E-state index contributed by atoms with van der Waals surface area (Å²) in [5.74, 6) is -0.918. The van der Waals surface area contributed by atoms with Gasteiger partial charge in [0.25, 0.3) is 5.91 Å². The van der Waals surface area contributed by atoms with Crippen molar-refractivity contribution in [2.45, 2.75) is 31.5 Å². The van der Waals surface area contributed by atoms with Gasteiger partial charge >= 0.3 is 6.09 Å². The van der Waals surface area contributed by atoms with Crippen LogP contribution in [0.4, 0.5) is 20.6 Å². The van der Waals surface area contributed by atoms with Gasteiger partial charge in [0, 0.05) is 33.1 Å². The third-order valence-electron chi connectivity index (χ3n) is 5.72. The zero-order chi connectivity index (χ0) is 21.5. The van der Waals surface area contributed by atoms with E-state index in [0.717, 1.165) is 0 Å². The average molecular weight is 420 g/mol. The van der Waals surface area contributed by atoms with Gasteiger partial charge in [-0.25, -0.2) is 9.18 Å². The van der Waals surface area contributed by atoms with Gasteiger partial charge in [-0.2, -0.15) is 0 Å². The number of cyclic esters (lactones) is 1. The maximum atomic E-state index is 14.8. The number of nitrogens with one attached hydrogen (secondary N) is 1. The molecule has 1 aromatic rings. The molecule has 9 nitrogen and oxygen atoms in total. The van der Waals surface area contributed by atoms with Crippen molar-refractivity contribution in [1.82, 2.24) is 10.2 Å². The van der Waals surface area contributed by atoms with E-state index in [1.165, 1.54) is 17.9 Å². The second kappa shape index (κ2) is 7.75. The molecular formula is C20H25FN4O5. The van der Waals surface area contributed by atoms with Gasteiger partial charge < -0.3 is 25.0 Å². The maximum Gasteiger partial charge on any atom is 0.414 e. The van der Waals surface area contributed by atoms with Gasteiger partial charge in [0.1, 0.15) is 17.5 Å². The van der Waals surface area contributed by atoms with E-state index >= 15 is 0 Å². The van der Waals surface area contributed by atoms with Crippen LogP contribution in [0.25, 0.3) is 0 Å². The number of hydrogen-bond acceptors (Lipinski definition) is 6. The Balaban J connectivity index is 1.37. The van der Waals surface area contributed by atoms with Crippen LogP contribution in [0.15, 0.2) is 18.2 Å². The largest absolute Gasteiger partial charge is 0.442 e. The Labute approximate surface area is 173 Å². The molecule has 0 radical (unpaired) electrons. The lowest BCUT2D eigenvalue weighted by molar-refractivity contribution is -0.142. The first-order chi connectivity index (χ1) is 14.3. The average Bonchev–Trinajstić information content (AvgIpc) is 3.36. The van der Waals surface area contributed by atoms with Crippen LogP contribution in [0.2, 0.25) is 0 Å². The number of rotatable bonds is 5. The number of benzene rings is 1. The Morgan fingerprint density at radius 1 is 1.27 bits per heavy atom. The summed E-state index contributed by atoms with van der Waals surface area (Å²) in [5, 5.41) is 12.6. The van der Waals surface area contributed by atoms with Crippen LogP contribution in [0, 0.1) is 5.82 Å². The van der Waals surface area contributed by atoms with Gasteiger partial charge in [-0.1, -0.05) is 0 Å². The molecule has 3 aliphatic rings. The third-order valence-corrected chi connectivity index (χ3v) is 5.72. The van der Waals surface area contributed by atoms with Crippen molar-refractivity contribution in [1.29, 1.82) is 0 Å². The maximum absolute atomic E-state index is 14.8. The van der Waals surface area contributed by atoms with E-state index in [0.29, 0.717) is 50.4 Å². The van der Waals surface area contributed by atoms with Crippen molar-refractivity contribution >= 4 is 29.3 Å². The normalized spacial score (nSPS) is 22.7. The van der Waals surface area contributed by atoms with Crippen molar-refractivity contribution in [2.24, 2.45) is 0 Å². The van der Waals surface area contributed by atoms with E-state index in [-0.39, 0.29) is 24.9 Å². The molecule has 2 N–H and O–H groups in total. The zero-order valence-electron chi connectivity index (χ0n) is 16.8. The number of carbonyl (C=O) groups is 3. The number of anilines is 2. The molecule has 0 spiro atoms. The molecule has 4 rings (SSSR count). The standard InChI is InChI=1S/C20H25FN4O5/c1-13(26)22-11-15-12-25(19(28)30-15)14-2-3-17(16(21)10-14)23-6-8-24(9-7-23)18(27)20(29)4-5-20/h2-3,10,15,29H,4-9,11-12H2,1H3,(H,22,26)/t15-/m0/s1. The first-order valence-electron chi connectivity index (χ1n) is 10.1. The topological polar surface area (TPSA) is 102 Å². The Morgan fingerprint density at radius 3 is 2.57 bits per heavy atom. The highest BCUT2D eigenvalue weighted by molar-refractivity contribution is 5.90. The smallest absolute Gasteiger partial charge is 0.414 e. The Hall–Kier alpha value is -2.88. The minimum absolute atomic E-state index is 0.205. The summed E-state index contributed by atoms with van der Waals surface area (Å²) in [7, 11) is 0. The van der Waals surface area contributed by atoms with Gasteiger partial charge in [0.05, 0.1) is 24.5 Å². The summed E-state index contributed by atoms with van der Waals surface area (Å²) < 4.78 is 20.0. The van der Waals surface area contributed by atoms with Gasteiger partial charge in [0.2, 0.25) is 5.91 Å². The summed E-state index contributed by atoms with van der Waals surface area (Å²) in [6, 6.07) is 4.57. The van der Waals surface area contributed by atoms with E-state index < -0.39 is 23.6 Å². The third kappa shape index (κ3) is 4.04. The SMILES string of the molecule is CC(=O)NC[C@H]1CN(c2ccc(N3CCN(C(=O)C4(O)CC4)CC3)c(F)c2)C(=O)O1. The van der Waals surface area contributed by atoms with Crippen molar-refractivity contribution in [3.05, 3.63) is 24.0 Å². The van der Waals surface area contributed by atoms with E-state index in [1.54, 1.807) is 17.0 Å². The molecule has 1 aromatic carbocycles. The Kier molecular flexibility index (Phi) is 5.27. The van der Waals surface area contributed by atoms with Crippen molar-refractivity contribution in [3.63, 3.8) is 0 Å². The van der Waals surface area contributed by atoms with E-state index in [1.807, 2.05) is 4.90 Å². The number of aliphatic hydroxyl groups is 1. The number of halogens is 1. The summed E-state index contributed by atoms with van der Waals surface area (Å²) >= 11 is 0. The lowest BCUT2D eigenvalue weighted by Crippen LogP contribution is -2.52. The lowest BCUT2D eigenvalue weighted by Gasteiger charge is -2.37. The molecule has 0 aromatic heterocycles. The van der Waals surface area contributed by atoms with Crippen LogP contribution in [-0.4, -0.2) is 78.9 Å². The van der Waals surface area contributed by atoms with Gasteiger partial charge in [-0.3, -0.25) is 14.5 Å². The minimum Gasteiger partial charge on any atom is -0.442 e. The second-order valence-electron chi connectivity index (χ2n) is 8.00. The molecule has 3 amide bonds. The monoisotopic (exact) mass is 420 g/mol. The highest BCUT2D eigenvalue weighted by atomic mass is 19.1. The van der Waals surface area contributed by atoms with Crippen LogP contribution >= 0.6 is 0 Å². The van der Waals surface area contributed by atoms with E-state index in [4.69, 9.17) is 4.74 Å². The number of ether oxygens (including phenoxy) is 1. The van der Waals surface area contributed by atoms with Crippen molar-refractivity contribution < 1.29 is 28.6 Å². The quantitative estimate of drug-likeness (QED) is 0.718. The fourth-order valence-electron chi connectivity index (χ4n) is 3.79. The molecule has 1 aliphatic carbocycles. The second-order valence-corrected chi connectivity index (χ2v) is 8.00. The lowest BCUT2D eigenvalue weighted by atomic mass is 10.2. The molecule has 0 unspecified atom stereocenters. The van der Waals surface area contributed by atoms with Gasteiger partial charge in [-0.15, -0.1) is 0 Å². The highest BCUT2D eigenvalue weighted by Gasteiger charge is 2.50. The number of hydrogen-bond donors (Lipinski definition) is 2. The van der Waals surface area contributed by atoms with Crippen molar-refractivity contribution in [3.8, 4) is 0 Å². The van der Waals surface area contributed by atoms with Crippen molar-refractivity contribution in [2.75, 3.05) is 49.1 Å². The first kappa shape index (κ1) is 20.4. The Morgan fingerprint density at radius 2 is 1.97 bits per heavy atom. The molecule has 30 heavy (non-hydrogen) atoms. The molecule has 3 fully saturated rings. The molecule has 0 bridgehead atoms. The van der Waals surface area contributed by atoms with Crippen LogP contribution in [0.1, 0.15) is 19.8 Å². The zero-order valence-corrected chi connectivity index (χ0v) is 16.8. The predicted octanol–water partition coefficient (Wildman–Crippen LogP) is 0.460. The fraction of sp³-hybridized carbons (Fsp3) is 0.550. The van der Waals surface area contributed by atoms with Gasteiger partial charge in [-0.05, 0) is 31.0 Å². The molecule has 162 valence electrons. The summed E-state index contributed by atoms with van der Waals surface area (Å²) in [6.45, 7) is 3.58. The molecule has 2 heterocycles. The first-order valence-corrected chi connectivity index (χ1v) is 10.1. The number of nitrogens with zero attached hydrogens (tertiary/aromatic N) is 3. The fourth-order valence-corrected chi connectivity index (χ4v) is 3.79. The summed E-state index contributed by atoms with van der Waals surface area (Å²) in [4.78, 5) is 40.2. The van der Waals surface area contributed by atoms with E-state index in [9.17, 15) is 23.9 Å². The molecule has 10 heteroatoms. The highest BCUT2D eigenvalue weighted by Crippen LogP contribution is 2.37. The molecule has 2 aliphatic heterocycles. The van der Waals surface area contributed by atoms with E-state index in [2.05, 4.69) is 5.32 Å². The molecule has 1 atom stereocenters. The summed E-state index contributed by atoms with van der Waals surface area (Å²) in [5.41, 5.74) is -0.397. The van der Waals surface area contributed by atoms with Crippen LogP contribution < -0.4 is 15.1 Å². The van der Waals surface area contributed by atoms with Crippen LogP contribution in [0.5, 0.6) is 0 Å². The number of carbonyl (C=O) groups excluding carboxylic acids is 3. The van der Waals surface area contributed by atoms with Crippen LogP contribution in [0.3, 0.4) is 0 Å². The molecule has 2 saturated heterocycles. The number of amides is 3. The summed E-state index contributed by atoms with van der Waals surface area (Å²) in [6.07, 6.45) is -0.0573.